The van der Waals surface area contributed by atoms with Crippen molar-refractivity contribution in [3.63, 3.8) is 0 Å². The number of anilines is 1. The number of carbonyl (C=O) groups is 2. The number of hydrogen-bond acceptors (Lipinski definition) is 4. The lowest BCUT2D eigenvalue weighted by molar-refractivity contribution is -0.117. The standard InChI is InChI=1S/C23H29NO3S/c1-4-15-12-13-18-19(14-15)28-22(20(18)23(26)27-6-3)24-21(25)17(5-2)16-10-8-7-9-11-16/h7-11,15,17H,4-6,12-14H2,1-3H3,(H,24,25)/t15-,17+/m0/s1. The molecule has 1 aromatic carbocycles. The van der Waals surface area contributed by atoms with Crippen molar-refractivity contribution in [3.05, 3.63) is 51.9 Å². The van der Waals surface area contributed by atoms with Crippen LogP contribution in [0.15, 0.2) is 30.3 Å². The van der Waals surface area contributed by atoms with E-state index in [-0.39, 0.29) is 17.8 Å². The fourth-order valence-corrected chi connectivity index (χ4v) is 5.32. The van der Waals surface area contributed by atoms with E-state index in [2.05, 4.69) is 12.2 Å². The molecule has 5 heteroatoms. The van der Waals surface area contributed by atoms with E-state index >= 15 is 0 Å². The average molecular weight is 400 g/mol. The van der Waals surface area contributed by atoms with Crippen molar-refractivity contribution in [1.82, 2.24) is 0 Å². The molecule has 0 saturated heterocycles. The van der Waals surface area contributed by atoms with E-state index in [0.717, 1.165) is 36.8 Å². The van der Waals surface area contributed by atoms with Gasteiger partial charge in [-0.1, -0.05) is 50.6 Å². The zero-order valence-corrected chi connectivity index (χ0v) is 17.7. The molecule has 3 rings (SSSR count). The van der Waals surface area contributed by atoms with E-state index in [0.29, 0.717) is 29.5 Å². The Hall–Kier alpha value is -2.14. The van der Waals surface area contributed by atoms with E-state index in [1.165, 1.54) is 4.88 Å². The quantitative estimate of drug-likeness (QED) is 0.619. The van der Waals surface area contributed by atoms with Crippen LogP contribution < -0.4 is 5.32 Å². The molecule has 0 spiro atoms. The van der Waals surface area contributed by atoms with Crippen LogP contribution >= 0.6 is 11.3 Å². The minimum absolute atomic E-state index is 0.0649. The topological polar surface area (TPSA) is 55.4 Å². The molecule has 1 aliphatic rings. The number of amides is 1. The third kappa shape index (κ3) is 4.30. The molecule has 0 saturated carbocycles. The van der Waals surface area contributed by atoms with Gasteiger partial charge in [0.15, 0.2) is 0 Å². The summed E-state index contributed by atoms with van der Waals surface area (Å²) in [5.41, 5.74) is 2.65. The summed E-state index contributed by atoms with van der Waals surface area (Å²) >= 11 is 1.55. The lowest BCUT2D eigenvalue weighted by Crippen LogP contribution is -2.22. The number of esters is 1. The van der Waals surface area contributed by atoms with Crippen molar-refractivity contribution in [1.29, 1.82) is 0 Å². The highest BCUT2D eigenvalue weighted by Gasteiger charge is 2.31. The first-order chi connectivity index (χ1) is 13.6. The summed E-state index contributed by atoms with van der Waals surface area (Å²) in [6.07, 6.45) is 4.79. The fraction of sp³-hybridized carbons (Fsp3) is 0.478. The molecule has 0 bridgehead atoms. The summed E-state index contributed by atoms with van der Waals surface area (Å²) in [6, 6.07) is 9.80. The lowest BCUT2D eigenvalue weighted by atomic mass is 9.85. The second-order valence-corrected chi connectivity index (χ2v) is 8.41. The van der Waals surface area contributed by atoms with Crippen LogP contribution in [-0.2, 0) is 22.4 Å². The van der Waals surface area contributed by atoms with Gasteiger partial charge >= 0.3 is 5.97 Å². The second-order valence-electron chi connectivity index (χ2n) is 7.31. The summed E-state index contributed by atoms with van der Waals surface area (Å²) in [7, 11) is 0. The van der Waals surface area contributed by atoms with Crippen LogP contribution in [0, 0.1) is 5.92 Å². The first-order valence-corrected chi connectivity index (χ1v) is 11.1. The number of benzene rings is 1. The van der Waals surface area contributed by atoms with Crippen LogP contribution in [-0.4, -0.2) is 18.5 Å². The van der Waals surface area contributed by atoms with Gasteiger partial charge in [-0.15, -0.1) is 11.3 Å². The van der Waals surface area contributed by atoms with Gasteiger partial charge in [0.2, 0.25) is 5.91 Å². The Labute approximate surface area is 171 Å². The molecule has 4 nitrogen and oxygen atoms in total. The summed E-state index contributed by atoms with van der Waals surface area (Å²) in [5.74, 6) is 0.0270. The number of ether oxygens (including phenoxy) is 1. The van der Waals surface area contributed by atoms with Gasteiger partial charge in [0, 0.05) is 4.88 Å². The fourth-order valence-electron chi connectivity index (χ4n) is 3.97. The van der Waals surface area contributed by atoms with E-state index in [1.54, 1.807) is 11.3 Å². The molecule has 1 aromatic heterocycles. The minimum Gasteiger partial charge on any atom is -0.462 e. The maximum atomic E-state index is 13.1. The van der Waals surface area contributed by atoms with Crippen LogP contribution in [0.4, 0.5) is 5.00 Å². The monoisotopic (exact) mass is 399 g/mol. The van der Waals surface area contributed by atoms with Crippen LogP contribution in [0.1, 0.15) is 72.3 Å². The van der Waals surface area contributed by atoms with Crippen LogP contribution in [0.3, 0.4) is 0 Å². The maximum Gasteiger partial charge on any atom is 0.341 e. The first-order valence-electron chi connectivity index (χ1n) is 10.3. The number of nitrogens with one attached hydrogen (secondary N) is 1. The van der Waals surface area contributed by atoms with Crippen molar-refractivity contribution < 1.29 is 14.3 Å². The Morgan fingerprint density at radius 3 is 2.61 bits per heavy atom. The third-order valence-corrected chi connectivity index (χ3v) is 6.76. The summed E-state index contributed by atoms with van der Waals surface area (Å²) in [4.78, 5) is 27.0. The number of rotatable bonds is 7. The normalized spacial score (nSPS) is 16.9. The van der Waals surface area contributed by atoms with Crippen molar-refractivity contribution >= 4 is 28.2 Å². The predicted molar refractivity (Wildman–Crippen MR) is 114 cm³/mol. The Balaban J connectivity index is 1.91. The number of thiophene rings is 1. The van der Waals surface area contributed by atoms with Gasteiger partial charge in [-0.05, 0) is 49.7 Å². The second kappa shape index (κ2) is 9.37. The Morgan fingerprint density at radius 1 is 1.21 bits per heavy atom. The van der Waals surface area contributed by atoms with Crippen LogP contribution in [0.2, 0.25) is 0 Å². The van der Waals surface area contributed by atoms with Crippen LogP contribution in [0.25, 0.3) is 0 Å². The van der Waals surface area contributed by atoms with Gasteiger partial charge in [-0.3, -0.25) is 4.79 Å². The van der Waals surface area contributed by atoms with Gasteiger partial charge in [-0.25, -0.2) is 4.79 Å². The summed E-state index contributed by atoms with van der Waals surface area (Å²) < 4.78 is 5.32. The molecule has 1 aliphatic carbocycles. The SMILES string of the molecule is CCOC(=O)c1c(NC(=O)[C@H](CC)c2ccccc2)sc2c1CC[C@H](CC)C2. The van der Waals surface area contributed by atoms with Crippen molar-refractivity contribution in [2.45, 2.75) is 58.8 Å². The molecular formula is C23H29NO3S. The maximum absolute atomic E-state index is 13.1. The molecule has 0 unspecified atom stereocenters. The highest BCUT2D eigenvalue weighted by molar-refractivity contribution is 7.17. The summed E-state index contributed by atoms with van der Waals surface area (Å²) in [5, 5.41) is 3.72. The van der Waals surface area contributed by atoms with Crippen molar-refractivity contribution in [3.8, 4) is 0 Å². The van der Waals surface area contributed by atoms with Gasteiger partial charge in [-0.2, -0.15) is 0 Å². The third-order valence-electron chi connectivity index (χ3n) is 5.59. The molecule has 0 aliphatic heterocycles. The minimum atomic E-state index is -0.321. The summed E-state index contributed by atoms with van der Waals surface area (Å²) in [6.45, 7) is 6.36. The molecule has 1 N–H and O–H groups in total. The van der Waals surface area contributed by atoms with Crippen molar-refractivity contribution in [2.75, 3.05) is 11.9 Å². The van der Waals surface area contributed by atoms with Gasteiger partial charge in [0.25, 0.3) is 0 Å². The highest BCUT2D eigenvalue weighted by atomic mass is 32.1. The zero-order chi connectivity index (χ0) is 20.1. The number of carbonyl (C=O) groups excluding carboxylic acids is 2. The van der Waals surface area contributed by atoms with Crippen LogP contribution in [0.5, 0.6) is 0 Å². The van der Waals surface area contributed by atoms with E-state index in [1.807, 2.05) is 44.2 Å². The molecule has 2 atom stereocenters. The lowest BCUT2D eigenvalue weighted by Gasteiger charge is -2.21. The highest BCUT2D eigenvalue weighted by Crippen LogP contribution is 2.41. The molecule has 28 heavy (non-hydrogen) atoms. The van der Waals surface area contributed by atoms with E-state index < -0.39 is 0 Å². The zero-order valence-electron chi connectivity index (χ0n) is 16.9. The predicted octanol–water partition coefficient (Wildman–Crippen LogP) is 5.57. The molecule has 150 valence electrons. The molecule has 1 amide bonds. The smallest absolute Gasteiger partial charge is 0.341 e. The Kier molecular flexibility index (Phi) is 6.89. The van der Waals surface area contributed by atoms with Crippen molar-refractivity contribution in [2.24, 2.45) is 5.92 Å². The molecular weight excluding hydrogens is 370 g/mol. The van der Waals surface area contributed by atoms with E-state index in [4.69, 9.17) is 4.74 Å². The van der Waals surface area contributed by atoms with Gasteiger partial charge < -0.3 is 10.1 Å². The first kappa shape index (κ1) is 20.6. The molecule has 1 heterocycles. The van der Waals surface area contributed by atoms with E-state index in [9.17, 15) is 9.59 Å². The van der Waals surface area contributed by atoms with Gasteiger partial charge in [0.1, 0.15) is 5.00 Å². The number of fused-ring (bicyclic) bond motifs is 1. The van der Waals surface area contributed by atoms with Gasteiger partial charge in [0.05, 0.1) is 18.1 Å². The Morgan fingerprint density at radius 2 is 1.96 bits per heavy atom. The molecule has 2 aromatic rings. The molecule has 0 radical (unpaired) electrons. The number of hydrogen-bond donors (Lipinski definition) is 1. The average Bonchev–Trinajstić information content (AvgIpc) is 3.06. The largest absolute Gasteiger partial charge is 0.462 e. The molecule has 0 fully saturated rings. The Bertz CT molecular complexity index is 828.